The van der Waals surface area contributed by atoms with E-state index < -0.39 is 0 Å². The summed E-state index contributed by atoms with van der Waals surface area (Å²) in [5, 5.41) is 1.39. The third-order valence-corrected chi connectivity index (χ3v) is 3.14. The lowest BCUT2D eigenvalue weighted by Gasteiger charge is -2.16. The van der Waals surface area contributed by atoms with Gasteiger partial charge in [-0.2, -0.15) is 0 Å². The summed E-state index contributed by atoms with van der Waals surface area (Å²) in [5.74, 6) is 0. The van der Waals surface area contributed by atoms with Crippen LogP contribution in [0.1, 0.15) is 20.3 Å². The number of nitrogens with two attached hydrogens (primary N) is 1. The summed E-state index contributed by atoms with van der Waals surface area (Å²) < 4.78 is 0. The summed E-state index contributed by atoms with van der Waals surface area (Å²) in [6, 6.07) is 2.14. The Hall–Kier alpha value is -0.610. The van der Waals surface area contributed by atoms with E-state index in [1.54, 1.807) is 24.3 Å². The second-order valence-corrected chi connectivity index (χ2v) is 4.34. The van der Waals surface area contributed by atoms with Crippen molar-refractivity contribution in [3.05, 3.63) is 18.6 Å². The van der Waals surface area contributed by atoms with E-state index in [-0.39, 0.29) is 6.04 Å². The lowest BCUT2D eigenvalue weighted by atomic mass is 10.2. The Balaban J connectivity index is 2.50. The van der Waals surface area contributed by atoms with Gasteiger partial charge in [0.15, 0.2) is 0 Å². The Morgan fingerprint density at radius 1 is 1.62 bits per heavy atom. The van der Waals surface area contributed by atoms with Gasteiger partial charge < -0.3 is 5.73 Å². The number of hydrogen-bond acceptors (Lipinski definition) is 4. The van der Waals surface area contributed by atoms with Crippen molar-refractivity contribution in [3.63, 3.8) is 0 Å². The van der Waals surface area contributed by atoms with Gasteiger partial charge in [0.25, 0.3) is 0 Å². The number of thioether (sulfide) groups is 1. The SMILES string of the molecule is CCC(N)C(C)Sc1ccncn1. The molecule has 0 aliphatic carbocycles. The highest BCUT2D eigenvalue weighted by Crippen LogP contribution is 2.22. The minimum Gasteiger partial charge on any atom is -0.327 e. The van der Waals surface area contributed by atoms with E-state index in [0.717, 1.165) is 11.4 Å². The number of rotatable bonds is 4. The molecule has 0 aromatic carbocycles. The van der Waals surface area contributed by atoms with Crippen LogP contribution in [-0.4, -0.2) is 21.3 Å². The number of nitrogens with zero attached hydrogens (tertiary/aromatic N) is 2. The highest BCUT2D eigenvalue weighted by Gasteiger charge is 2.12. The van der Waals surface area contributed by atoms with Crippen molar-refractivity contribution in [1.29, 1.82) is 0 Å². The van der Waals surface area contributed by atoms with E-state index in [9.17, 15) is 0 Å². The molecule has 2 unspecified atom stereocenters. The highest BCUT2D eigenvalue weighted by atomic mass is 32.2. The molecular formula is C9H15N3S. The molecule has 0 bridgehead atoms. The molecule has 2 N–H and O–H groups in total. The van der Waals surface area contributed by atoms with Crippen LogP contribution in [0.3, 0.4) is 0 Å². The normalized spacial score (nSPS) is 15.3. The summed E-state index contributed by atoms with van der Waals surface area (Å²) >= 11 is 1.70. The largest absolute Gasteiger partial charge is 0.327 e. The first-order chi connectivity index (χ1) is 6.24. The zero-order valence-electron chi connectivity index (χ0n) is 7.97. The van der Waals surface area contributed by atoms with Gasteiger partial charge in [-0.25, -0.2) is 9.97 Å². The van der Waals surface area contributed by atoms with Gasteiger partial charge in [0.05, 0.1) is 5.03 Å². The van der Waals surface area contributed by atoms with Crippen LogP contribution in [0.4, 0.5) is 0 Å². The quantitative estimate of drug-likeness (QED) is 0.589. The fraction of sp³-hybridized carbons (Fsp3) is 0.556. The van der Waals surface area contributed by atoms with Crippen LogP contribution in [0.15, 0.2) is 23.6 Å². The fourth-order valence-corrected chi connectivity index (χ4v) is 1.95. The van der Waals surface area contributed by atoms with E-state index in [4.69, 9.17) is 5.73 Å². The summed E-state index contributed by atoms with van der Waals surface area (Å²) in [6.45, 7) is 4.22. The van der Waals surface area contributed by atoms with E-state index >= 15 is 0 Å². The van der Waals surface area contributed by atoms with Gasteiger partial charge in [0.1, 0.15) is 6.33 Å². The molecule has 0 saturated carbocycles. The molecule has 1 rings (SSSR count). The van der Waals surface area contributed by atoms with Crippen molar-refractivity contribution >= 4 is 11.8 Å². The van der Waals surface area contributed by atoms with Gasteiger partial charge in [-0.05, 0) is 12.5 Å². The maximum atomic E-state index is 5.90. The van der Waals surface area contributed by atoms with Gasteiger partial charge in [-0.3, -0.25) is 0 Å². The maximum absolute atomic E-state index is 5.90. The van der Waals surface area contributed by atoms with Gasteiger partial charge in [0, 0.05) is 17.5 Å². The van der Waals surface area contributed by atoms with Crippen LogP contribution in [0, 0.1) is 0 Å². The predicted octanol–water partition coefficient (Wildman–Crippen LogP) is 1.69. The first-order valence-corrected chi connectivity index (χ1v) is 5.30. The average molecular weight is 197 g/mol. The van der Waals surface area contributed by atoms with Crippen molar-refractivity contribution < 1.29 is 0 Å². The first kappa shape index (κ1) is 10.5. The van der Waals surface area contributed by atoms with Crippen molar-refractivity contribution in [2.24, 2.45) is 5.73 Å². The second kappa shape index (κ2) is 5.19. The van der Waals surface area contributed by atoms with Gasteiger partial charge in [-0.1, -0.05) is 13.8 Å². The zero-order valence-corrected chi connectivity index (χ0v) is 8.79. The smallest absolute Gasteiger partial charge is 0.116 e. The predicted molar refractivity (Wildman–Crippen MR) is 55.6 cm³/mol. The molecule has 1 aromatic rings. The second-order valence-electron chi connectivity index (χ2n) is 2.94. The molecule has 1 aromatic heterocycles. The van der Waals surface area contributed by atoms with Crippen LogP contribution < -0.4 is 5.73 Å². The van der Waals surface area contributed by atoms with Crippen molar-refractivity contribution in [1.82, 2.24) is 9.97 Å². The fourth-order valence-electron chi connectivity index (χ4n) is 0.958. The lowest BCUT2D eigenvalue weighted by Crippen LogP contribution is -2.29. The van der Waals surface area contributed by atoms with Gasteiger partial charge in [-0.15, -0.1) is 11.8 Å². The first-order valence-electron chi connectivity index (χ1n) is 4.42. The van der Waals surface area contributed by atoms with Crippen molar-refractivity contribution in [2.75, 3.05) is 0 Å². The molecule has 72 valence electrons. The Morgan fingerprint density at radius 2 is 2.38 bits per heavy atom. The Labute approximate surface area is 83.2 Å². The summed E-state index contributed by atoms with van der Waals surface area (Å²) in [5.41, 5.74) is 5.90. The Morgan fingerprint density at radius 3 is 2.92 bits per heavy atom. The third kappa shape index (κ3) is 3.32. The summed E-state index contributed by atoms with van der Waals surface area (Å²) in [7, 11) is 0. The summed E-state index contributed by atoms with van der Waals surface area (Å²) in [6.07, 6.45) is 4.31. The molecule has 0 saturated heterocycles. The topological polar surface area (TPSA) is 51.8 Å². The lowest BCUT2D eigenvalue weighted by molar-refractivity contribution is 0.642. The average Bonchev–Trinajstić information content (AvgIpc) is 2.18. The van der Waals surface area contributed by atoms with Crippen molar-refractivity contribution in [2.45, 2.75) is 36.6 Å². The van der Waals surface area contributed by atoms with E-state index in [2.05, 4.69) is 23.8 Å². The van der Waals surface area contributed by atoms with E-state index in [1.807, 2.05) is 6.07 Å². The van der Waals surface area contributed by atoms with E-state index in [1.165, 1.54) is 0 Å². The van der Waals surface area contributed by atoms with Crippen molar-refractivity contribution in [3.8, 4) is 0 Å². The molecule has 13 heavy (non-hydrogen) atoms. The van der Waals surface area contributed by atoms with Crippen LogP contribution in [0.5, 0.6) is 0 Å². The minimum absolute atomic E-state index is 0.236. The summed E-state index contributed by atoms with van der Waals surface area (Å²) in [4.78, 5) is 7.99. The molecule has 3 nitrogen and oxygen atoms in total. The number of aromatic nitrogens is 2. The Kier molecular flexibility index (Phi) is 4.18. The van der Waals surface area contributed by atoms with Crippen LogP contribution in [0.25, 0.3) is 0 Å². The molecule has 0 radical (unpaired) electrons. The number of hydrogen-bond donors (Lipinski definition) is 1. The molecule has 0 amide bonds. The zero-order chi connectivity index (χ0) is 9.68. The maximum Gasteiger partial charge on any atom is 0.116 e. The molecule has 0 spiro atoms. The third-order valence-electron chi connectivity index (χ3n) is 1.94. The van der Waals surface area contributed by atoms with E-state index in [0.29, 0.717) is 5.25 Å². The molecule has 4 heteroatoms. The molecule has 0 fully saturated rings. The Bertz CT molecular complexity index is 240. The molecular weight excluding hydrogens is 182 g/mol. The standard InChI is InChI=1S/C9H15N3S/c1-3-8(10)7(2)13-9-4-5-11-6-12-9/h4-8H,3,10H2,1-2H3. The highest BCUT2D eigenvalue weighted by molar-refractivity contribution is 7.99. The molecule has 0 aliphatic heterocycles. The molecule has 1 heterocycles. The monoisotopic (exact) mass is 197 g/mol. The van der Waals surface area contributed by atoms with Crippen LogP contribution in [0.2, 0.25) is 0 Å². The van der Waals surface area contributed by atoms with Crippen LogP contribution >= 0.6 is 11.8 Å². The minimum atomic E-state index is 0.236. The molecule has 2 atom stereocenters. The van der Waals surface area contributed by atoms with Gasteiger partial charge in [0.2, 0.25) is 0 Å². The molecule has 0 aliphatic rings. The van der Waals surface area contributed by atoms with Gasteiger partial charge >= 0.3 is 0 Å². The van der Waals surface area contributed by atoms with Crippen LogP contribution in [-0.2, 0) is 0 Å².